The SMILES string of the molecule is COC(=O)COC(O[C@@H]1[C@@H](O)[C@H](O[C@H]2CCC3(C)C(CCC4(C)C3CC=C3C5CC(C)(C)CCC5(C(=O)OC5O[C@H](CO)[C@@H](O)[C@H](O)[C@H]5O)CCC34C)C2(C)C)O[C@H](C(=O)OC)[C@H]1O)C(OC)C(=O)OC. The fourth-order valence-electron chi connectivity index (χ4n) is 14.8. The van der Waals surface area contributed by atoms with Gasteiger partial charge in [0.1, 0.15) is 49.3 Å². The zero-order chi connectivity index (χ0) is 52.4. The lowest BCUT2D eigenvalue weighted by molar-refractivity contribution is -0.346. The molecule has 0 aromatic carbocycles. The van der Waals surface area contributed by atoms with Crippen molar-refractivity contribution in [2.45, 2.75) is 193 Å². The molecule has 20 atom stereocenters. The smallest absolute Gasteiger partial charge is 0.340 e. The molecule has 0 amide bonds. The predicted molar refractivity (Wildman–Crippen MR) is 246 cm³/mol. The van der Waals surface area contributed by atoms with Gasteiger partial charge in [-0.3, -0.25) is 4.79 Å². The second-order valence-corrected chi connectivity index (χ2v) is 23.4. The number of ether oxygens (including phenoxy) is 10. The van der Waals surface area contributed by atoms with Crippen molar-refractivity contribution in [2.75, 3.05) is 41.7 Å². The Kier molecular flexibility index (Phi) is 16.3. The summed E-state index contributed by atoms with van der Waals surface area (Å²) in [6.07, 6.45) is -10.6. The Labute approximate surface area is 416 Å². The van der Waals surface area contributed by atoms with E-state index in [9.17, 15) is 49.8 Å². The summed E-state index contributed by atoms with van der Waals surface area (Å²) in [5.41, 5.74) is -0.926. The van der Waals surface area contributed by atoms with E-state index in [2.05, 4.69) is 59.3 Å². The number of aliphatic hydroxyl groups is 6. The molecule has 0 aromatic rings. The van der Waals surface area contributed by atoms with Gasteiger partial charge in [-0.05, 0) is 109 Å². The third-order valence-electron chi connectivity index (χ3n) is 19.1. The van der Waals surface area contributed by atoms with E-state index in [1.807, 2.05) is 0 Å². The molecule has 6 fully saturated rings. The summed E-state index contributed by atoms with van der Waals surface area (Å²) in [5, 5.41) is 65.1. The Morgan fingerprint density at radius 3 is 2.07 bits per heavy atom. The van der Waals surface area contributed by atoms with Crippen molar-refractivity contribution in [1.82, 2.24) is 0 Å². The maximum absolute atomic E-state index is 14.7. The van der Waals surface area contributed by atoms with Crippen LogP contribution in [0.5, 0.6) is 0 Å². The number of aliphatic hydroxyl groups excluding tert-OH is 6. The Bertz CT molecular complexity index is 1990. The van der Waals surface area contributed by atoms with Gasteiger partial charge in [-0.25, -0.2) is 14.4 Å². The van der Waals surface area contributed by atoms with Crippen LogP contribution in [-0.4, -0.2) is 176 Å². The second kappa shape index (κ2) is 20.7. The van der Waals surface area contributed by atoms with Gasteiger partial charge in [-0.2, -0.15) is 0 Å². The molecular formula is C51H80O20. The molecule has 2 heterocycles. The fraction of sp³-hybridized carbons (Fsp3) is 0.882. The summed E-state index contributed by atoms with van der Waals surface area (Å²) in [6, 6.07) is 0. The monoisotopic (exact) mass is 1010 g/mol. The molecular weight excluding hydrogens is 933 g/mol. The molecule has 0 bridgehead atoms. The number of rotatable bonds is 14. The average Bonchev–Trinajstić information content (AvgIpc) is 3.33. The van der Waals surface area contributed by atoms with Crippen molar-refractivity contribution in [1.29, 1.82) is 0 Å². The Hall–Kier alpha value is -2.86. The van der Waals surface area contributed by atoms with E-state index in [0.717, 1.165) is 66.3 Å². The first-order valence-corrected chi connectivity index (χ1v) is 25.2. The summed E-state index contributed by atoms with van der Waals surface area (Å²) in [6.45, 7) is 14.6. The number of esters is 4. The molecule has 5 aliphatic carbocycles. The Morgan fingerprint density at radius 2 is 1.44 bits per heavy atom. The zero-order valence-electron chi connectivity index (χ0n) is 43.2. The molecule has 4 saturated carbocycles. The fourth-order valence-corrected chi connectivity index (χ4v) is 14.8. The number of allylic oxidation sites excluding steroid dienone is 2. The van der Waals surface area contributed by atoms with Gasteiger partial charge in [-0.15, -0.1) is 0 Å². The zero-order valence-corrected chi connectivity index (χ0v) is 43.2. The molecule has 71 heavy (non-hydrogen) atoms. The lowest BCUT2D eigenvalue weighted by Gasteiger charge is -2.71. The average molecular weight is 1010 g/mol. The van der Waals surface area contributed by atoms with Crippen LogP contribution in [0.15, 0.2) is 11.6 Å². The highest BCUT2D eigenvalue weighted by molar-refractivity contribution is 5.79. The molecule has 0 aromatic heterocycles. The largest absolute Gasteiger partial charge is 0.467 e. The van der Waals surface area contributed by atoms with Crippen molar-refractivity contribution < 1.29 is 97.2 Å². The van der Waals surface area contributed by atoms with Gasteiger partial charge in [0.15, 0.2) is 18.7 Å². The normalized spacial score (nSPS) is 44.4. The van der Waals surface area contributed by atoms with Crippen LogP contribution >= 0.6 is 0 Å². The maximum Gasteiger partial charge on any atom is 0.340 e. The minimum Gasteiger partial charge on any atom is -0.467 e. The van der Waals surface area contributed by atoms with Gasteiger partial charge in [0.2, 0.25) is 12.4 Å². The number of carbonyl (C=O) groups is 4. The van der Waals surface area contributed by atoms with Crippen LogP contribution in [0, 0.1) is 50.2 Å². The van der Waals surface area contributed by atoms with Crippen LogP contribution in [-0.2, 0) is 66.5 Å². The molecule has 2 aliphatic heterocycles. The van der Waals surface area contributed by atoms with Gasteiger partial charge in [0.25, 0.3) is 0 Å². The van der Waals surface area contributed by atoms with Gasteiger partial charge >= 0.3 is 23.9 Å². The summed E-state index contributed by atoms with van der Waals surface area (Å²) >= 11 is 0. The van der Waals surface area contributed by atoms with Crippen LogP contribution < -0.4 is 0 Å². The van der Waals surface area contributed by atoms with Crippen molar-refractivity contribution >= 4 is 23.9 Å². The molecule has 10 unspecified atom stereocenters. The minimum atomic E-state index is -1.86. The van der Waals surface area contributed by atoms with E-state index in [1.54, 1.807) is 0 Å². The molecule has 7 aliphatic rings. The van der Waals surface area contributed by atoms with Crippen molar-refractivity contribution in [3.63, 3.8) is 0 Å². The summed E-state index contributed by atoms with van der Waals surface area (Å²) in [7, 11) is 4.52. The van der Waals surface area contributed by atoms with E-state index < -0.39 is 128 Å². The van der Waals surface area contributed by atoms with Crippen LogP contribution in [0.4, 0.5) is 0 Å². The Balaban J connectivity index is 1.14. The number of hydrogen-bond donors (Lipinski definition) is 6. The topological polar surface area (TPSA) is 282 Å². The van der Waals surface area contributed by atoms with E-state index in [4.69, 9.17) is 42.6 Å². The molecule has 20 heteroatoms. The van der Waals surface area contributed by atoms with Gasteiger partial charge in [0, 0.05) is 7.11 Å². The summed E-state index contributed by atoms with van der Waals surface area (Å²) in [5.74, 6) is -3.07. The van der Waals surface area contributed by atoms with Crippen molar-refractivity contribution in [3.05, 3.63) is 11.6 Å². The van der Waals surface area contributed by atoms with E-state index in [1.165, 1.54) is 12.7 Å². The molecule has 0 radical (unpaired) electrons. The molecule has 2 saturated heterocycles. The van der Waals surface area contributed by atoms with Gasteiger partial charge < -0.3 is 78.0 Å². The first-order chi connectivity index (χ1) is 33.2. The van der Waals surface area contributed by atoms with Crippen molar-refractivity contribution in [2.24, 2.45) is 50.2 Å². The van der Waals surface area contributed by atoms with Gasteiger partial charge in [0.05, 0.1) is 39.5 Å². The summed E-state index contributed by atoms with van der Waals surface area (Å²) in [4.78, 5) is 52.7. The van der Waals surface area contributed by atoms with Crippen LogP contribution in [0.2, 0.25) is 0 Å². The molecule has 20 nitrogen and oxygen atoms in total. The third-order valence-corrected chi connectivity index (χ3v) is 19.1. The van der Waals surface area contributed by atoms with Gasteiger partial charge in [-0.1, -0.05) is 60.1 Å². The Morgan fingerprint density at radius 1 is 0.746 bits per heavy atom. The van der Waals surface area contributed by atoms with E-state index in [-0.39, 0.29) is 39.4 Å². The van der Waals surface area contributed by atoms with Crippen LogP contribution in [0.25, 0.3) is 0 Å². The number of fused-ring (bicyclic) bond motifs is 7. The number of hydrogen-bond acceptors (Lipinski definition) is 20. The minimum absolute atomic E-state index is 0.0768. The first kappa shape index (κ1) is 55.9. The second-order valence-electron chi connectivity index (χ2n) is 23.4. The lowest BCUT2D eigenvalue weighted by atomic mass is 9.33. The highest BCUT2D eigenvalue weighted by Gasteiger charge is 2.70. The maximum atomic E-state index is 14.7. The molecule has 404 valence electrons. The molecule has 0 spiro atoms. The first-order valence-electron chi connectivity index (χ1n) is 25.2. The van der Waals surface area contributed by atoms with Crippen molar-refractivity contribution in [3.8, 4) is 0 Å². The predicted octanol–water partition coefficient (Wildman–Crippen LogP) is 2.23. The highest BCUT2D eigenvalue weighted by Crippen LogP contribution is 2.76. The highest BCUT2D eigenvalue weighted by atomic mass is 16.7. The molecule has 7 rings (SSSR count). The summed E-state index contributed by atoms with van der Waals surface area (Å²) < 4.78 is 55.8. The lowest BCUT2D eigenvalue weighted by Crippen LogP contribution is -2.66. The number of methoxy groups -OCH3 is 4. The van der Waals surface area contributed by atoms with Crippen LogP contribution in [0.3, 0.4) is 0 Å². The quantitative estimate of drug-likeness (QED) is 0.0478. The van der Waals surface area contributed by atoms with E-state index in [0.29, 0.717) is 19.3 Å². The standard InChI is InChI=1S/C51H80O20/c1-46(2)18-20-51(45(61)71-42-34(56)33(55)32(54)27(23-52)67-42)21-19-49(6)25(26(51)22-46)12-13-29-48(5)16-15-30(47(3,4)28(48)14-17-50(29,49)7)68-43-36(58)37(35(57)38(70-43)40(59)64-10)69-44(66-24-31(53)62-8)39(63-9)41(60)65-11/h12,26-30,32-39,42-44,52,54-58H,13-24H2,1-11H3/t26?,27-,28?,29?,30+,32-,33+,34-,35+,36-,37+,38+,39?,42?,43-,44?,48?,49?,50?,51?/m1/s1. The third kappa shape index (κ3) is 9.50. The number of carbonyl (C=O) groups excluding carboxylic acids is 4. The molecule has 6 N–H and O–H groups in total. The van der Waals surface area contributed by atoms with Crippen LogP contribution in [0.1, 0.15) is 113 Å². The van der Waals surface area contributed by atoms with E-state index >= 15 is 0 Å².